The SMILES string of the molecule is c1ccc(-c2cc(-c3ccc(-c4c5ccccc5n5c4sc4ccccc45)cc3)nc(-c3ccccn3)n2)nc1.c1ccc(-c2cc(-c3cccc(-c4c5ccccc5n5c4sc4ccccc45)c3)cc(-c3ccccn3)n2)nc1.c1ccc(-c2nc(-c3cccc(-c4c5ccccc5n5c4sc4ccccc45)c3)c3ccccc3n2)cc1. The van der Waals surface area contributed by atoms with E-state index in [1.165, 1.54) is 111 Å². The third-order valence-electron chi connectivity index (χ3n) is 21.7. The molecule has 15 heteroatoms. The van der Waals surface area contributed by atoms with Crippen LogP contribution in [-0.4, -0.2) is 58.1 Å². The van der Waals surface area contributed by atoms with Crippen LogP contribution in [0.15, 0.2) is 389 Å². The molecule has 0 amide bonds. The maximum absolute atomic E-state index is 5.11. The summed E-state index contributed by atoms with van der Waals surface area (Å²) in [6.45, 7) is 0. The van der Waals surface area contributed by atoms with Gasteiger partial charge < -0.3 is 0 Å². The zero-order valence-corrected chi connectivity index (χ0v) is 65.5. The molecule has 0 spiro atoms. The molecule has 0 N–H and O–H groups in total. The average molecular weight is 1570 g/mol. The highest BCUT2D eigenvalue weighted by molar-refractivity contribution is 7.25. The zero-order valence-electron chi connectivity index (χ0n) is 63.0. The van der Waals surface area contributed by atoms with Gasteiger partial charge >= 0.3 is 0 Å². The maximum atomic E-state index is 5.11. The second kappa shape index (κ2) is 29.7. The fraction of sp³-hybridized carbons (Fsp3) is 0. The van der Waals surface area contributed by atoms with E-state index in [0.717, 1.165) is 95.8 Å². The monoisotopic (exact) mass is 1560 g/mol. The highest BCUT2D eigenvalue weighted by atomic mass is 32.1. The van der Waals surface area contributed by atoms with Crippen molar-refractivity contribution in [3.63, 3.8) is 0 Å². The average Bonchev–Trinajstić information content (AvgIpc) is 1.58. The Kier molecular flexibility index (Phi) is 17.5. The quantitative estimate of drug-likeness (QED) is 0.124. The van der Waals surface area contributed by atoms with Gasteiger partial charge in [-0.15, -0.1) is 34.0 Å². The second-order valence-electron chi connectivity index (χ2n) is 28.8. The van der Waals surface area contributed by atoms with Gasteiger partial charge in [-0.2, -0.15) is 0 Å². The lowest BCUT2D eigenvalue weighted by Crippen LogP contribution is -1.97. The van der Waals surface area contributed by atoms with Crippen LogP contribution in [-0.2, 0) is 0 Å². The number of hydrogen-bond acceptors (Lipinski definition) is 12. The number of thiazole rings is 3. The Labute approximate surface area is 688 Å². The Morgan fingerprint density at radius 1 is 0.195 bits per heavy atom. The van der Waals surface area contributed by atoms with E-state index in [2.05, 4.69) is 294 Å². The molecule has 24 aromatic rings. The van der Waals surface area contributed by atoms with Crippen molar-refractivity contribution in [3.8, 4) is 124 Å². The number of aromatic nitrogens is 12. The first-order valence-electron chi connectivity index (χ1n) is 39.0. The molecule has 0 aliphatic heterocycles. The summed E-state index contributed by atoms with van der Waals surface area (Å²) in [7, 11) is 0. The minimum Gasteiger partial charge on any atom is -0.299 e. The molecule has 24 rings (SSSR count). The molecule has 11 aromatic carbocycles. The van der Waals surface area contributed by atoms with Gasteiger partial charge in [0.15, 0.2) is 11.6 Å². The summed E-state index contributed by atoms with van der Waals surface area (Å²) in [5.41, 5.74) is 28.4. The molecule has 554 valence electrons. The zero-order chi connectivity index (χ0) is 78.0. The molecule has 0 radical (unpaired) electrons. The van der Waals surface area contributed by atoms with Crippen LogP contribution in [0.3, 0.4) is 0 Å². The van der Waals surface area contributed by atoms with Crippen LogP contribution in [0, 0.1) is 0 Å². The van der Waals surface area contributed by atoms with Gasteiger partial charge in [0, 0.05) is 79.7 Å². The molecule has 0 fully saturated rings. The van der Waals surface area contributed by atoms with Crippen molar-refractivity contribution in [1.29, 1.82) is 0 Å². The van der Waals surface area contributed by atoms with E-state index in [1.54, 1.807) is 24.8 Å². The number of fused-ring (bicyclic) bond motifs is 16. The molecular formula is C103H64N12S3. The number of hydrogen-bond donors (Lipinski definition) is 0. The predicted octanol–water partition coefficient (Wildman–Crippen LogP) is 27.0. The Balaban J connectivity index is 0.000000107. The van der Waals surface area contributed by atoms with Crippen molar-refractivity contribution in [2.45, 2.75) is 0 Å². The highest BCUT2D eigenvalue weighted by Crippen LogP contribution is 2.47. The normalized spacial score (nSPS) is 11.6. The van der Waals surface area contributed by atoms with Crippen LogP contribution in [0.1, 0.15) is 0 Å². The molecule has 118 heavy (non-hydrogen) atoms. The van der Waals surface area contributed by atoms with Gasteiger partial charge in [-0.25, -0.2) is 24.9 Å². The van der Waals surface area contributed by atoms with Gasteiger partial charge in [-0.1, -0.05) is 224 Å². The fourth-order valence-electron chi connectivity index (χ4n) is 16.3. The van der Waals surface area contributed by atoms with E-state index in [9.17, 15) is 0 Å². The summed E-state index contributed by atoms with van der Waals surface area (Å²) in [5.74, 6) is 1.32. The van der Waals surface area contributed by atoms with Crippen LogP contribution >= 0.6 is 34.0 Å². The number of nitrogens with zero attached hydrogens (tertiary/aromatic N) is 12. The number of rotatable bonds is 11. The number of para-hydroxylation sites is 7. The topological polar surface area (TPSA) is 129 Å². The molecule has 0 aliphatic carbocycles. The molecule has 0 atom stereocenters. The van der Waals surface area contributed by atoms with Crippen LogP contribution in [0.25, 0.3) is 213 Å². The predicted molar refractivity (Wildman–Crippen MR) is 488 cm³/mol. The minimum atomic E-state index is 0.577. The van der Waals surface area contributed by atoms with E-state index >= 15 is 0 Å². The Bertz CT molecular complexity index is 7820. The van der Waals surface area contributed by atoms with Crippen molar-refractivity contribution >= 4 is 123 Å². The summed E-state index contributed by atoms with van der Waals surface area (Å²) in [6.07, 6.45) is 7.15. The molecule has 0 unspecified atom stereocenters. The van der Waals surface area contributed by atoms with Gasteiger partial charge in [0.1, 0.15) is 20.2 Å². The minimum absolute atomic E-state index is 0.577. The molecule has 0 saturated carbocycles. The van der Waals surface area contributed by atoms with Crippen molar-refractivity contribution in [2.24, 2.45) is 0 Å². The highest BCUT2D eigenvalue weighted by Gasteiger charge is 2.24. The number of pyridine rings is 5. The van der Waals surface area contributed by atoms with Crippen LogP contribution in [0.4, 0.5) is 0 Å². The first-order chi connectivity index (χ1) is 58.5. The van der Waals surface area contributed by atoms with Crippen molar-refractivity contribution < 1.29 is 0 Å². The summed E-state index contributed by atoms with van der Waals surface area (Å²) < 4.78 is 11.1. The Morgan fingerprint density at radius 2 is 0.568 bits per heavy atom. The van der Waals surface area contributed by atoms with Crippen LogP contribution in [0.5, 0.6) is 0 Å². The third-order valence-corrected chi connectivity index (χ3v) is 25.1. The van der Waals surface area contributed by atoms with E-state index in [-0.39, 0.29) is 0 Å². The van der Waals surface area contributed by atoms with Crippen molar-refractivity contribution in [2.75, 3.05) is 0 Å². The summed E-state index contributed by atoms with van der Waals surface area (Å²) in [6, 6.07) is 127. The maximum Gasteiger partial charge on any atom is 0.179 e. The van der Waals surface area contributed by atoms with E-state index in [4.69, 9.17) is 24.9 Å². The van der Waals surface area contributed by atoms with Crippen LogP contribution < -0.4 is 0 Å². The lowest BCUT2D eigenvalue weighted by Gasteiger charge is -2.11. The van der Waals surface area contributed by atoms with Crippen LogP contribution in [0.2, 0.25) is 0 Å². The number of benzene rings is 11. The Morgan fingerprint density at radius 3 is 1.06 bits per heavy atom. The van der Waals surface area contributed by atoms with E-state index in [1.807, 2.05) is 137 Å². The molecule has 13 aromatic heterocycles. The molecular weight excluding hydrogens is 1500 g/mol. The standard InChI is InChI=1S/C35H22N4S.C34H21N5S.C34H21N3S/c1-2-15-31-26(12-1)34(35-39(31)32-16-3-4-17-33(32)40-35)24-11-9-10-23(20-24)25-21-29(27-13-5-7-18-36-27)38-30(22-25)28-14-6-8-19-37-28;1-2-12-29-24(9-1)32(34-39(29)30-13-3-4-14-31(30)40-34)23-17-15-22(16-18-23)27-21-28(25-10-5-7-19-35-25)38-33(37-27)26-11-6-8-20-36-26;1-2-11-22(12-3-1)33-35-27-17-6-4-15-25(27)32(36-33)24-14-10-13-23(21-24)31-26-16-5-7-18-28(26)37-29-19-8-9-20-30(29)38-34(31)37/h1-22H;1-21H;1-21H. The molecule has 0 saturated heterocycles. The van der Waals surface area contributed by atoms with E-state index in [0.29, 0.717) is 5.82 Å². The van der Waals surface area contributed by atoms with Crippen molar-refractivity contribution in [3.05, 3.63) is 389 Å². The van der Waals surface area contributed by atoms with E-state index < -0.39 is 0 Å². The summed E-state index contributed by atoms with van der Waals surface area (Å²) in [5, 5.41) is 4.83. The first-order valence-corrected chi connectivity index (χ1v) is 41.4. The summed E-state index contributed by atoms with van der Waals surface area (Å²) in [4.78, 5) is 46.7. The molecule has 0 bridgehead atoms. The van der Waals surface area contributed by atoms with Gasteiger partial charge in [-0.3, -0.25) is 33.1 Å². The van der Waals surface area contributed by atoms with Crippen molar-refractivity contribution in [1.82, 2.24) is 58.1 Å². The van der Waals surface area contributed by atoms with Gasteiger partial charge in [0.2, 0.25) is 0 Å². The Hall–Kier alpha value is -15.1. The molecule has 0 aliphatic rings. The second-order valence-corrected chi connectivity index (χ2v) is 31.9. The first kappa shape index (κ1) is 69.6. The largest absolute Gasteiger partial charge is 0.299 e. The van der Waals surface area contributed by atoms with Gasteiger partial charge in [0.05, 0.1) is 98.3 Å². The lowest BCUT2D eigenvalue weighted by atomic mass is 9.97. The van der Waals surface area contributed by atoms with Gasteiger partial charge in [-0.05, 0) is 167 Å². The van der Waals surface area contributed by atoms with Gasteiger partial charge in [0.25, 0.3) is 0 Å². The smallest absolute Gasteiger partial charge is 0.179 e. The molecule has 13 heterocycles. The summed E-state index contributed by atoms with van der Waals surface area (Å²) >= 11 is 5.53. The molecule has 12 nitrogen and oxygen atoms in total. The third kappa shape index (κ3) is 12.5. The fourth-order valence-corrected chi connectivity index (χ4v) is 20.0. The lowest BCUT2D eigenvalue weighted by molar-refractivity contribution is 1.13.